The van der Waals surface area contributed by atoms with Crippen LogP contribution < -0.4 is 31.6 Å². The summed E-state index contributed by atoms with van der Waals surface area (Å²) in [6, 6.07) is 24.2. The number of alkyl halides is 1. The third-order valence-corrected chi connectivity index (χ3v) is 13.1. The quantitative estimate of drug-likeness (QED) is 0.0208. The Morgan fingerprint density at radius 1 is 0.841 bits per heavy atom. The lowest BCUT2D eigenvalue weighted by atomic mass is 10.1. The number of likely N-dealkylation sites (tertiary alicyclic amines) is 2. The Balaban J connectivity index is 0.000000247. The molecular weight excluding hydrogens is 977 g/mol. The molecule has 0 amide bonds. The van der Waals surface area contributed by atoms with Gasteiger partial charge in [0.25, 0.3) is 0 Å². The number of ketones is 2. The van der Waals surface area contributed by atoms with Crippen molar-refractivity contribution in [3.8, 4) is 11.5 Å². The maximum atomic E-state index is 13.8. The second-order valence-corrected chi connectivity index (χ2v) is 19.0. The highest BCUT2D eigenvalue weighted by Crippen LogP contribution is 2.31. The van der Waals surface area contributed by atoms with Gasteiger partial charge in [0.1, 0.15) is 46.0 Å². The fourth-order valence-electron chi connectivity index (χ4n) is 7.22. The van der Waals surface area contributed by atoms with E-state index in [1.165, 1.54) is 36.9 Å². The second kappa shape index (κ2) is 28.8. The van der Waals surface area contributed by atoms with Crippen LogP contribution in [0.3, 0.4) is 0 Å². The van der Waals surface area contributed by atoms with Crippen LogP contribution in [0.5, 0.6) is 11.5 Å². The fraction of sp³-hybridized carbons (Fsp3) is 0.380. The number of likely N-dealkylation sites (N-methyl/N-ethyl adjacent to an activating group) is 2. The lowest BCUT2D eigenvalue weighted by Crippen LogP contribution is -2.40. The molecule has 12 nitrogen and oxygen atoms in total. The number of ether oxygens (including phenoxy) is 2. The molecule has 0 aliphatic carbocycles. The third kappa shape index (κ3) is 18.2. The first-order valence-corrected chi connectivity index (χ1v) is 25.4. The summed E-state index contributed by atoms with van der Waals surface area (Å²) >= 11 is 13.1. The van der Waals surface area contributed by atoms with Crippen LogP contribution >= 0.6 is 56.8 Å². The van der Waals surface area contributed by atoms with Crippen molar-refractivity contribution in [2.24, 2.45) is 10.7 Å². The number of thiocarbonyl (C=S) groups is 1. The van der Waals surface area contributed by atoms with Crippen molar-refractivity contribution < 1.29 is 27.8 Å². The van der Waals surface area contributed by atoms with Gasteiger partial charge in [-0.1, -0.05) is 68.1 Å². The molecule has 5 aromatic rings. The molecule has 2 fully saturated rings. The van der Waals surface area contributed by atoms with Crippen LogP contribution in [-0.4, -0.2) is 99.7 Å². The normalized spacial score (nSPS) is 16.1. The Bertz CT molecular complexity index is 2490. The highest BCUT2D eigenvalue weighted by atomic mass is 35.5. The molecule has 19 heteroatoms. The number of aromatic nitrogens is 1. The number of benzene rings is 4. The van der Waals surface area contributed by atoms with Crippen LogP contribution in [-0.2, 0) is 0 Å². The van der Waals surface area contributed by atoms with Crippen molar-refractivity contribution in [1.82, 2.24) is 14.8 Å². The Kier molecular flexibility index (Phi) is 23.7. The molecule has 0 saturated carbocycles. The zero-order valence-electron chi connectivity index (χ0n) is 39.9. The Morgan fingerprint density at radius 3 is 1.84 bits per heavy atom. The van der Waals surface area contributed by atoms with Gasteiger partial charge < -0.3 is 31.6 Å². The Hall–Kier alpha value is -4.74. The van der Waals surface area contributed by atoms with E-state index in [4.69, 9.17) is 44.8 Å². The molecule has 1 aromatic heterocycles. The molecule has 2 saturated heterocycles. The zero-order chi connectivity index (χ0) is 49.2. The lowest BCUT2D eigenvalue weighted by molar-refractivity contribution is 0.0919. The van der Waals surface area contributed by atoms with Crippen molar-refractivity contribution in [2.45, 2.75) is 72.5 Å². The molecule has 0 radical (unpaired) electrons. The van der Waals surface area contributed by atoms with Crippen molar-refractivity contribution in [2.75, 3.05) is 67.3 Å². The summed E-state index contributed by atoms with van der Waals surface area (Å²) in [7, 11) is 0. The van der Waals surface area contributed by atoms with Gasteiger partial charge >= 0.3 is 0 Å². The smallest absolute Gasteiger partial charge is 0.206 e. The lowest BCUT2D eigenvalue weighted by Gasteiger charge is -2.32. The number of halogens is 3. The van der Waals surface area contributed by atoms with Crippen molar-refractivity contribution in [3.05, 3.63) is 124 Å². The number of hydrogen-bond acceptors (Lipinski definition) is 12. The molecule has 4 aromatic carbocycles. The van der Waals surface area contributed by atoms with E-state index in [9.17, 15) is 18.4 Å². The number of carbonyl (C=O) groups is 2. The number of aryl methyl sites for hydroxylation is 2. The van der Waals surface area contributed by atoms with E-state index in [2.05, 4.69) is 44.3 Å². The maximum absolute atomic E-state index is 13.8. The van der Waals surface area contributed by atoms with E-state index in [1.807, 2.05) is 55.5 Å². The summed E-state index contributed by atoms with van der Waals surface area (Å²) in [6.07, 6.45) is 5.01. The number of thiazole rings is 1. The van der Waals surface area contributed by atoms with Crippen LogP contribution in [0, 0.1) is 25.5 Å². The first kappa shape index (κ1) is 56.8. The van der Waals surface area contributed by atoms with Gasteiger partial charge in [0.15, 0.2) is 21.2 Å². The highest BCUT2D eigenvalue weighted by Gasteiger charge is 2.22. The average molecular weight is 1040 g/mol. The van der Waals surface area contributed by atoms with Crippen molar-refractivity contribution in [3.63, 3.8) is 0 Å². The molecule has 0 spiro atoms. The van der Waals surface area contributed by atoms with E-state index in [0.717, 1.165) is 91.9 Å². The Labute approximate surface area is 427 Å². The van der Waals surface area contributed by atoms with Gasteiger partial charge in [-0.2, -0.15) is 14.9 Å². The molecule has 3 heterocycles. The topological polar surface area (TPSA) is 160 Å². The molecule has 69 heavy (non-hydrogen) atoms. The van der Waals surface area contributed by atoms with Gasteiger partial charge in [0.05, 0.1) is 5.88 Å². The first-order valence-electron chi connectivity index (χ1n) is 22.6. The number of nitrogen functional groups attached to an aromatic ring is 1. The third-order valence-electron chi connectivity index (χ3n) is 11.0. The van der Waals surface area contributed by atoms with Crippen molar-refractivity contribution >= 4 is 101 Å². The number of carbonyl (C=O) groups excluding carboxylic acids is 2. The molecule has 372 valence electrons. The van der Waals surface area contributed by atoms with Crippen LogP contribution in [0.25, 0.3) is 0 Å². The number of nitrogens with zero attached hydrogens (tertiary/aromatic N) is 4. The number of amidine groups is 1. The van der Waals surface area contributed by atoms with Crippen LogP contribution in [0.15, 0.2) is 89.9 Å². The van der Waals surface area contributed by atoms with Crippen LogP contribution in [0.1, 0.15) is 83.2 Å². The number of nitrogens with one attached hydrogen (secondary N) is 2. The summed E-state index contributed by atoms with van der Waals surface area (Å²) in [5, 5.41) is 7.59. The standard InChI is InChI=1S/C24H27FN4O2S.C17H26N4OS2.C9H8ClFO.H3P/c1-3-29-12-4-5-19(14-29)31-18-10-8-17(9-11-18)27-24-28-23(26)22(32-24)21(30)16-7-6-15(2)20(25)13-16;1-3-21-11-5-6-15(12-21)22-14-9-7-13(8-10-14)19-17(23)20-16(18)24-4-2;1-6-2-3-7(4-8(6)11)9(12)5-10;/h6-11,13,19H,3-5,12,14,26H2,1-2H3,(H,27,28);7-10,15H,3-6,11-12H2,1-2H3,(H3,18,19,20,23);2-4H,5H2,1H3;1H3. The number of rotatable bonds is 14. The van der Waals surface area contributed by atoms with E-state index in [0.29, 0.717) is 32.1 Å². The van der Waals surface area contributed by atoms with E-state index < -0.39 is 5.82 Å². The minimum Gasteiger partial charge on any atom is -0.489 e. The molecule has 7 rings (SSSR count). The van der Waals surface area contributed by atoms with Crippen molar-refractivity contribution in [1.29, 1.82) is 0 Å². The maximum Gasteiger partial charge on any atom is 0.206 e. The summed E-state index contributed by atoms with van der Waals surface area (Å²) in [5.41, 5.74) is 15.0. The minimum absolute atomic E-state index is 0. The predicted molar refractivity (Wildman–Crippen MR) is 292 cm³/mol. The zero-order valence-corrected chi connectivity index (χ0v) is 44.5. The second-order valence-electron chi connectivity index (χ2n) is 16.1. The van der Waals surface area contributed by atoms with Gasteiger partial charge in [-0.3, -0.25) is 19.4 Å². The molecule has 3 unspecified atom stereocenters. The predicted octanol–water partition coefficient (Wildman–Crippen LogP) is 10.9. The van der Waals surface area contributed by atoms with E-state index in [1.54, 1.807) is 38.1 Å². The van der Waals surface area contributed by atoms with Gasteiger partial charge in [-0.25, -0.2) is 13.8 Å². The summed E-state index contributed by atoms with van der Waals surface area (Å²) in [5.74, 6) is 1.22. The number of anilines is 4. The first-order chi connectivity index (χ1) is 32.7. The highest BCUT2D eigenvalue weighted by molar-refractivity contribution is 8.13. The van der Waals surface area contributed by atoms with E-state index in [-0.39, 0.29) is 61.6 Å². The van der Waals surface area contributed by atoms with Gasteiger partial charge in [0, 0.05) is 35.6 Å². The fourth-order valence-corrected chi connectivity index (χ4v) is 8.97. The number of thioether (sulfide) groups is 1. The number of piperidine rings is 2. The molecule has 6 N–H and O–H groups in total. The number of hydrogen-bond donors (Lipinski definition) is 4. The molecule has 0 bridgehead atoms. The largest absolute Gasteiger partial charge is 0.489 e. The van der Waals surface area contributed by atoms with Gasteiger partial charge in [-0.05, 0) is 155 Å². The number of nitrogens with two attached hydrogens (primary N) is 2. The van der Waals surface area contributed by atoms with Gasteiger partial charge in [0.2, 0.25) is 5.78 Å². The SMILES string of the molecule is CCN1CCCC(Oc2ccc(Nc3nc(N)c(C(=O)c4ccc(C)c(F)c4)s3)cc2)C1.CCSC(N)=NC(=S)Nc1ccc(OC2CCCN(CC)C2)cc1.Cc1ccc(C(=O)CCl)cc1F.P. The average Bonchev–Trinajstić information content (AvgIpc) is 3.71. The monoisotopic (exact) mass is 1040 g/mol. The summed E-state index contributed by atoms with van der Waals surface area (Å²) in [6.45, 7) is 16.1. The minimum atomic E-state index is -0.421. The molecule has 3 atom stereocenters. The molecular formula is C50H64ClF2N8O4PS3. The van der Waals surface area contributed by atoms with E-state index >= 15 is 0 Å². The molecule has 2 aliphatic heterocycles. The van der Waals surface area contributed by atoms with Crippen LogP contribution in [0.4, 0.5) is 31.1 Å². The summed E-state index contributed by atoms with van der Waals surface area (Å²) < 4.78 is 39.0. The van der Waals surface area contributed by atoms with Crippen LogP contribution in [0.2, 0.25) is 0 Å². The number of Topliss-reactive ketones (excluding diaryl/α,β-unsaturated/α-hetero) is 1. The molecule has 2 aliphatic rings. The summed E-state index contributed by atoms with van der Waals surface area (Å²) in [4.78, 5) is 37.2. The Morgan fingerprint density at radius 2 is 1.35 bits per heavy atom. The van der Waals surface area contributed by atoms with Gasteiger partial charge in [-0.15, -0.1) is 11.6 Å². The number of aliphatic imine (C=N–C) groups is 1.